The molecule has 2 aromatic carbocycles. The molecule has 2 aromatic rings. The van der Waals surface area contributed by atoms with E-state index in [1.807, 2.05) is 43.3 Å². The van der Waals surface area contributed by atoms with E-state index in [1.165, 1.54) is 0 Å². The Morgan fingerprint density at radius 2 is 1.78 bits per heavy atom. The van der Waals surface area contributed by atoms with Crippen molar-refractivity contribution in [1.29, 1.82) is 0 Å². The molecule has 0 aliphatic rings. The molecule has 0 radical (unpaired) electrons. The Kier molecular flexibility index (Phi) is 6.06. The lowest BCUT2D eigenvalue weighted by atomic mass is 10.0. The third kappa shape index (κ3) is 5.34. The van der Waals surface area contributed by atoms with Gasteiger partial charge in [0.05, 0.1) is 6.61 Å². The van der Waals surface area contributed by atoms with Crippen molar-refractivity contribution in [3.63, 3.8) is 0 Å². The van der Waals surface area contributed by atoms with Crippen LogP contribution in [0, 0.1) is 6.92 Å². The number of benzene rings is 2. The summed E-state index contributed by atoms with van der Waals surface area (Å²) in [4.78, 5) is 24.0. The van der Waals surface area contributed by atoms with Crippen LogP contribution < -0.4 is 5.32 Å². The first-order valence-electron chi connectivity index (χ1n) is 7.56. The summed E-state index contributed by atoms with van der Waals surface area (Å²) in [5.41, 5.74) is 3.45. The van der Waals surface area contributed by atoms with E-state index in [0.29, 0.717) is 17.9 Å². The fraction of sp³-hybridized carbons (Fsp3) is 0.263. The third-order valence-corrected chi connectivity index (χ3v) is 3.47. The van der Waals surface area contributed by atoms with Crippen molar-refractivity contribution < 1.29 is 14.3 Å². The molecule has 0 saturated heterocycles. The number of hydrogen-bond acceptors (Lipinski definition) is 3. The lowest BCUT2D eigenvalue weighted by Crippen LogP contribution is -2.13. The lowest BCUT2D eigenvalue weighted by molar-refractivity contribution is -0.116. The average Bonchev–Trinajstić information content (AvgIpc) is 2.54. The Morgan fingerprint density at radius 3 is 2.48 bits per heavy atom. The monoisotopic (exact) mass is 311 g/mol. The second kappa shape index (κ2) is 8.25. The van der Waals surface area contributed by atoms with Gasteiger partial charge in [-0.1, -0.05) is 42.0 Å². The molecule has 0 fully saturated rings. The number of ether oxygens (including phenoxy) is 1. The maximum Gasteiger partial charge on any atom is 0.224 e. The van der Waals surface area contributed by atoms with Crippen LogP contribution in [0.25, 0.3) is 0 Å². The molecule has 0 saturated carbocycles. The molecule has 1 N–H and O–H groups in total. The molecule has 0 heterocycles. The highest BCUT2D eigenvalue weighted by Crippen LogP contribution is 2.13. The molecule has 0 atom stereocenters. The Hall–Kier alpha value is -2.46. The molecule has 4 nitrogen and oxygen atoms in total. The molecule has 4 heteroatoms. The summed E-state index contributed by atoms with van der Waals surface area (Å²) in [5, 5.41) is 2.81. The van der Waals surface area contributed by atoms with Crippen LogP contribution in [0.2, 0.25) is 0 Å². The Morgan fingerprint density at radius 1 is 1.04 bits per heavy atom. The minimum Gasteiger partial charge on any atom is -0.380 e. The van der Waals surface area contributed by atoms with E-state index in [9.17, 15) is 9.59 Å². The van der Waals surface area contributed by atoms with Crippen molar-refractivity contribution in [3.8, 4) is 0 Å². The molecule has 120 valence electrons. The van der Waals surface area contributed by atoms with Gasteiger partial charge in [-0.2, -0.15) is 0 Å². The van der Waals surface area contributed by atoms with Crippen LogP contribution in [0.15, 0.2) is 48.5 Å². The standard InChI is InChI=1S/C19H21NO3/c1-14-6-8-16(9-7-14)18(21)10-11-19(22)20-17-5-3-4-15(12-17)13-23-2/h3-9,12H,10-11,13H2,1-2H3,(H,20,22). The number of carbonyl (C=O) groups excluding carboxylic acids is 2. The highest BCUT2D eigenvalue weighted by atomic mass is 16.5. The molecule has 0 unspecified atom stereocenters. The first-order chi connectivity index (χ1) is 11.1. The van der Waals surface area contributed by atoms with E-state index in [4.69, 9.17) is 4.74 Å². The van der Waals surface area contributed by atoms with Crippen LogP contribution in [0.1, 0.15) is 34.3 Å². The van der Waals surface area contributed by atoms with Gasteiger partial charge in [-0.3, -0.25) is 9.59 Å². The van der Waals surface area contributed by atoms with Gasteiger partial charge in [0.15, 0.2) is 5.78 Å². The third-order valence-electron chi connectivity index (χ3n) is 3.47. The first kappa shape index (κ1) is 16.9. The summed E-state index contributed by atoms with van der Waals surface area (Å²) in [6.07, 6.45) is 0.369. The van der Waals surface area contributed by atoms with E-state index in [0.717, 1.165) is 11.1 Å². The maximum absolute atomic E-state index is 12.1. The van der Waals surface area contributed by atoms with E-state index in [2.05, 4.69) is 5.32 Å². The van der Waals surface area contributed by atoms with Gasteiger partial charge in [0.2, 0.25) is 5.91 Å². The number of methoxy groups -OCH3 is 1. The van der Waals surface area contributed by atoms with Crippen molar-refractivity contribution in [1.82, 2.24) is 0 Å². The molecule has 1 amide bonds. The summed E-state index contributed by atoms with van der Waals surface area (Å²) in [6.45, 7) is 2.47. The zero-order valence-corrected chi connectivity index (χ0v) is 13.5. The molecular formula is C19H21NO3. The van der Waals surface area contributed by atoms with E-state index < -0.39 is 0 Å². The molecule has 0 spiro atoms. The van der Waals surface area contributed by atoms with Crippen molar-refractivity contribution in [2.75, 3.05) is 12.4 Å². The molecule has 2 rings (SSSR count). The van der Waals surface area contributed by atoms with Crippen LogP contribution in [0.4, 0.5) is 5.69 Å². The number of aryl methyl sites for hydroxylation is 1. The van der Waals surface area contributed by atoms with Gasteiger partial charge in [0, 0.05) is 31.2 Å². The molecule has 0 aromatic heterocycles. The number of amides is 1. The fourth-order valence-corrected chi connectivity index (χ4v) is 2.24. The van der Waals surface area contributed by atoms with Crippen LogP contribution in [0.3, 0.4) is 0 Å². The van der Waals surface area contributed by atoms with Crippen LogP contribution in [0.5, 0.6) is 0 Å². The first-order valence-corrected chi connectivity index (χ1v) is 7.56. The van der Waals surface area contributed by atoms with Crippen molar-refractivity contribution >= 4 is 17.4 Å². The minimum atomic E-state index is -0.167. The second-order valence-electron chi connectivity index (χ2n) is 5.47. The fourth-order valence-electron chi connectivity index (χ4n) is 2.24. The number of carbonyl (C=O) groups is 2. The van der Waals surface area contributed by atoms with Gasteiger partial charge in [-0.15, -0.1) is 0 Å². The van der Waals surface area contributed by atoms with E-state index in [-0.39, 0.29) is 24.5 Å². The van der Waals surface area contributed by atoms with Gasteiger partial charge in [0.1, 0.15) is 0 Å². The zero-order chi connectivity index (χ0) is 16.7. The number of anilines is 1. The Balaban J connectivity index is 1.86. The van der Waals surface area contributed by atoms with Crippen molar-refractivity contribution in [3.05, 3.63) is 65.2 Å². The highest BCUT2D eigenvalue weighted by molar-refractivity contribution is 6.00. The molecule has 0 aliphatic heterocycles. The van der Waals surface area contributed by atoms with Crippen LogP contribution in [-0.2, 0) is 16.1 Å². The molecule has 0 aliphatic carbocycles. The van der Waals surface area contributed by atoms with Crippen molar-refractivity contribution in [2.24, 2.45) is 0 Å². The van der Waals surface area contributed by atoms with Gasteiger partial charge >= 0.3 is 0 Å². The smallest absolute Gasteiger partial charge is 0.224 e. The number of hydrogen-bond donors (Lipinski definition) is 1. The zero-order valence-electron chi connectivity index (χ0n) is 13.5. The summed E-state index contributed by atoms with van der Waals surface area (Å²) in [7, 11) is 1.63. The van der Waals surface area contributed by atoms with Crippen LogP contribution >= 0.6 is 0 Å². The normalized spacial score (nSPS) is 10.3. The predicted molar refractivity (Wildman–Crippen MR) is 90.5 cm³/mol. The largest absolute Gasteiger partial charge is 0.380 e. The second-order valence-corrected chi connectivity index (χ2v) is 5.47. The Bertz CT molecular complexity index is 677. The summed E-state index contributed by atoms with van der Waals surface area (Å²) >= 11 is 0. The maximum atomic E-state index is 12.1. The number of rotatable bonds is 7. The lowest BCUT2D eigenvalue weighted by Gasteiger charge is -2.07. The van der Waals surface area contributed by atoms with Crippen LogP contribution in [-0.4, -0.2) is 18.8 Å². The average molecular weight is 311 g/mol. The number of Topliss-reactive ketones (excluding diaryl/α,β-unsaturated/α-hetero) is 1. The minimum absolute atomic E-state index is 0.0201. The van der Waals surface area contributed by atoms with E-state index in [1.54, 1.807) is 19.2 Å². The predicted octanol–water partition coefficient (Wildman–Crippen LogP) is 3.74. The summed E-state index contributed by atoms with van der Waals surface area (Å²) in [6, 6.07) is 14.9. The SMILES string of the molecule is COCc1cccc(NC(=O)CCC(=O)c2ccc(C)cc2)c1. The van der Waals surface area contributed by atoms with Gasteiger partial charge in [-0.05, 0) is 24.6 Å². The molecular weight excluding hydrogens is 290 g/mol. The quantitative estimate of drug-likeness (QED) is 0.792. The van der Waals surface area contributed by atoms with Crippen molar-refractivity contribution in [2.45, 2.75) is 26.4 Å². The van der Waals surface area contributed by atoms with E-state index >= 15 is 0 Å². The Labute approximate surface area is 136 Å². The molecule has 23 heavy (non-hydrogen) atoms. The van der Waals surface area contributed by atoms with Gasteiger partial charge < -0.3 is 10.1 Å². The highest BCUT2D eigenvalue weighted by Gasteiger charge is 2.09. The summed E-state index contributed by atoms with van der Waals surface area (Å²) in [5.74, 6) is -0.187. The van der Waals surface area contributed by atoms with Gasteiger partial charge in [0.25, 0.3) is 0 Å². The number of ketones is 1. The molecule has 0 bridgehead atoms. The summed E-state index contributed by atoms with van der Waals surface area (Å²) < 4.78 is 5.07. The number of nitrogens with one attached hydrogen (secondary N) is 1. The topological polar surface area (TPSA) is 55.4 Å². The van der Waals surface area contributed by atoms with Gasteiger partial charge in [-0.25, -0.2) is 0 Å².